The average molecular weight is 315 g/mol. The van der Waals surface area contributed by atoms with Crippen LogP contribution < -0.4 is 10.6 Å². The first-order chi connectivity index (χ1) is 10.6. The molecule has 22 heavy (non-hydrogen) atoms. The molecule has 2 aromatic rings. The van der Waals surface area contributed by atoms with E-state index in [1.54, 1.807) is 17.4 Å². The first-order valence-corrected chi connectivity index (χ1v) is 7.69. The summed E-state index contributed by atoms with van der Waals surface area (Å²) < 4.78 is 0. The van der Waals surface area contributed by atoms with E-state index in [0.717, 1.165) is 16.3 Å². The molecule has 0 atom stereocenters. The molecule has 2 rings (SSSR count). The fraction of sp³-hybridized carbons (Fsp3) is 0.188. The number of aromatic nitrogens is 1. The quantitative estimate of drug-likeness (QED) is 0.634. The highest BCUT2D eigenvalue weighted by Crippen LogP contribution is 2.22. The topological polar surface area (TPSA) is 71.1 Å². The van der Waals surface area contributed by atoms with Gasteiger partial charge in [-0.05, 0) is 25.1 Å². The van der Waals surface area contributed by atoms with Crippen molar-refractivity contribution in [1.82, 2.24) is 15.6 Å². The number of amides is 2. The maximum Gasteiger partial charge on any atom is 0.251 e. The first-order valence-electron chi connectivity index (χ1n) is 6.81. The Kier molecular flexibility index (Phi) is 5.43. The summed E-state index contributed by atoms with van der Waals surface area (Å²) in [5.74, 6) is -0.434. The molecule has 2 amide bonds. The number of nitrogens with one attached hydrogen (secondary N) is 2. The van der Waals surface area contributed by atoms with Gasteiger partial charge in [-0.25, -0.2) is 4.98 Å². The number of hydrogen-bond donors (Lipinski definition) is 2. The number of aryl methyl sites for hydroxylation is 1. The molecule has 0 spiro atoms. The van der Waals surface area contributed by atoms with Gasteiger partial charge in [-0.2, -0.15) is 0 Å². The summed E-state index contributed by atoms with van der Waals surface area (Å²) in [6.45, 7) is 6.03. The Morgan fingerprint density at radius 2 is 2.09 bits per heavy atom. The number of carbonyl (C=O) groups excluding carboxylic acids is 2. The molecule has 0 saturated carbocycles. The van der Waals surface area contributed by atoms with Crippen LogP contribution in [0.15, 0.2) is 42.3 Å². The highest BCUT2D eigenvalue weighted by atomic mass is 32.1. The van der Waals surface area contributed by atoms with Crippen LogP contribution in [0.3, 0.4) is 0 Å². The van der Waals surface area contributed by atoms with Gasteiger partial charge in [0, 0.05) is 29.6 Å². The Morgan fingerprint density at radius 3 is 2.77 bits per heavy atom. The highest BCUT2D eigenvalue weighted by molar-refractivity contribution is 7.09. The maximum absolute atomic E-state index is 12.1. The number of benzene rings is 1. The number of hydrogen-bond acceptors (Lipinski definition) is 4. The molecular weight excluding hydrogens is 298 g/mol. The monoisotopic (exact) mass is 315 g/mol. The smallest absolute Gasteiger partial charge is 0.251 e. The summed E-state index contributed by atoms with van der Waals surface area (Å²) in [6.07, 6.45) is 1.20. The van der Waals surface area contributed by atoms with Crippen molar-refractivity contribution < 1.29 is 9.59 Å². The fourth-order valence-corrected chi connectivity index (χ4v) is 2.47. The van der Waals surface area contributed by atoms with Gasteiger partial charge in [0.1, 0.15) is 0 Å². The van der Waals surface area contributed by atoms with E-state index < -0.39 is 0 Å². The minimum Gasteiger partial charge on any atom is -0.351 e. The van der Waals surface area contributed by atoms with Gasteiger partial charge in [0.2, 0.25) is 5.91 Å². The van der Waals surface area contributed by atoms with Gasteiger partial charge in [0.15, 0.2) is 0 Å². The van der Waals surface area contributed by atoms with Gasteiger partial charge in [-0.1, -0.05) is 18.7 Å². The summed E-state index contributed by atoms with van der Waals surface area (Å²) in [4.78, 5) is 27.5. The minimum atomic E-state index is -0.254. The maximum atomic E-state index is 12.1. The van der Waals surface area contributed by atoms with Crippen LogP contribution in [0.25, 0.3) is 11.3 Å². The lowest BCUT2D eigenvalue weighted by molar-refractivity contribution is -0.116. The van der Waals surface area contributed by atoms with Crippen LogP contribution in [0, 0.1) is 6.92 Å². The first kappa shape index (κ1) is 15.9. The molecule has 0 saturated heterocycles. The zero-order valence-electron chi connectivity index (χ0n) is 12.3. The van der Waals surface area contributed by atoms with E-state index in [4.69, 9.17) is 0 Å². The van der Waals surface area contributed by atoms with E-state index in [1.165, 1.54) is 6.08 Å². The molecule has 1 aromatic heterocycles. The van der Waals surface area contributed by atoms with Crippen molar-refractivity contribution in [3.8, 4) is 11.3 Å². The van der Waals surface area contributed by atoms with Crippen LogP contribution in [-0.4, -0.2) is 29.9 Å². The summed E-state index contributed by atoms with van der Waals surface area (Å²) in [7, 11) is 0. The fourth-order valence-electron chi connectivity index (χ4n) is 1.85. The second-order valence-corrected chi connectivity index (χ2v) is 5.65. The molecule has 0 unspecified atom stereocenters. The van der Waals surface area contributed by atoms with Crippen LogP contribution in [0.5, 0.6) is 0 Å². The Morgan fingerprint density at radius 1 is 1.32 bits per heavy atom. The second-order valence-electron chi connectivity index (χ2n) is 4.58. The number of thiazole rings is 1. The van der Waals surface area contributed by atoms with Crippen LogP contribution in [-0.2, 0) is 4.79 Å². The molecule has 6 heteroatoms. The van der Waals surface area contributed by atoms with Crippen LogP contribution in [0.1, 0.15) is 15.4 Å². The van der Waals surface area contributed by atoms with E-state index in [1.807, 2.05) is 30.5 Å². The largest absolute Gasteiger partial charge is 0.351 e. The summed E-state index contributed by atoms with van der Waals surface area (Å²) in [5.41, 5.74) is 2.35. The predicted octanol–water partition coefficient (Wildman–Crippen LogP) is 2.15. The van der Waals surface area contributed by atoms with Gasteiger partial charge in [0.05, 0.1) is 10.7 Å². The van der Waals surface area contributed by atoms with Crippen molar-refractivity contribution in [2.24, 2.45) is 0 Å². The van der Waals surface area contributed by atoms with E-state index in [-0.39, 0.29) is 11.8 Å². The predicted molar refractivity (Wildman–Crippen MR) is 87.8 cm³/mol. The van der Waals surface area contributed by atoms with Crippen molar-refractivity contribution in [2.75, 3.05) is 13.1 Å². The molecule has 0 radical (unpaired) electrons. The molecule has 0 aliphatic heterocycles. The molecule has 1 heterocycles. The Balaban J connectivity index is 1.96. The molecule has 0 aliphatic carbocycles. The lowest BCUT2D eigenvalue weighted by Gasteiger charge is -2.07. The van der Waals surface area contributed by atoms with Gasteiger partial charge in [-0.15, -0.1) is 11.3 Å². The van der Waals surface area contributed by atoms with E-state index in [2.05, 4.69) is 22.2 Å². The van der Waals surface area contributed by atoms with Gasteiger partial charge >= 0.3 is 0 Å². The summed E-state index contributed by atoms with van der Waals surface area (Å²) in [5, 5.41) is 8.31. The standard InChI is InChI=1S/C16H17N3O2S/c1-3-15(20)17-7-8-18-16(21)13-6-4-5-12(9-13)14-10-22-11(2)19-14/h3-6,9-10H,1,7-8H2,2H3,(H,17,20)(H,18,21). The third kappa shape index (κ3) is 4.26. The molecule has 1 aromatic carbocycles. The summed E-state index contributed by atoms with van der Waals surface area (Å²) >= 11 is 1.58. The van der Waals surface area contributed by atoms with Crippen LogP contribution >= 0.6 is 11.3 Å². The Labute approximate surface area is 133 Å². The molecule has 5 nitrogen and oxygen atoms in total. The van der Waals surface area contributed by atoms with E-state index in [0.29, 0.717) is 18.7 Å². The number of rotatable bonds is 6. The Bertz CT molecular complexity index is 694. The molecule has 2 N–H and O–H groups in total. The van der Waals surface area contributed by atoms with Crippen molar-refractivity contribution in [2.45, 2.75) is 6.92 Å². The van der Waals surface area contributed by atoms with Gasteiger partial charge in [-0.3, -0.25) is 9.59 Å². The zero-order valence-corrected chi connectivity index (χ0v) is 13.1. The highest BCUT2D eigenvalue weighted by Gasteiger charge is 2.08. The van der Waals surface area contributed by atoms with Gasteiger partial charge < -0.3 is 10.6 Å². The molecule has 0 bridgehead atoms. The number of nitrogens with zero attached hydrogens (tertiary/aromatic N) is 1. The summed E-state index contributed by atoms with van der Waals surface area (Å²) in [6, 6.07) is 7.32. The van der Waals surface area contributed by atoms with Crippen molar-refractivity contribution in [3.05, 3.63) is 52.9 Å². The molecule has 0 aliphatic rings. The van der Waals surface area contributed by atoms with Crippen molar-refractivity contribution in [3.63, 3.8) is 0 Å². The SMILES string of the molecule is C=CC(=O)NCCNC(=O)c1cccc(-c2csc(C)n2)c1. The van der Waals surface area contributed by atoms with Gasteiger partial charge in [0.25, 0.3) is 5.91 Å². The molecular formula is C16H17N3O2S. The minimum absolute atomic E-state index is 0.179. The van der Waals surface area contributed by atoms with Crippen molar-refractivity contribution in [1.29, 1.82) is 0 Å². The zero-order chi connectivity index (χ0) is 15.9. The van der Waals surface area contributed by atoms with Crippen LogP contribution in [0.2, 0.25) is 0 Å². The third-order valence-electron chi connectivity index (χ3n) is 2.93. The molecule has 114 valence electrons. The lowest BCUT2D eigenvalue weighted by Crippen LogP contribution is -2.33. The number of carbonyl (C=O) groups is 2. The van der Waals surface area contributed by atoms with Crippen LogP contribution in [0.4, 0.5) is 0 Å². The van der Waals surface area contributed by atoms with E-state index in [9.17, 15) is 9.59 Å². The van der Waals surface area contributed by atoms with E-state index >= 15 is 0 Å². The third-order valence-corrected chi connectivity index (χ3v) is 3.71. The molecule has 0 fully saturated rings. The second kappa shape index (κ2) is 7.51. The average Bonchev–Trinajstić information content (AvgIpc) is 2.97. The van der Waals surface area contributed by atoms with Crippen molar-refractivity contribution >= 4 is 23.2 Å². The normalized spacial score (nSPS) is 10.0. The lowest BCUT2D eigenvalue weighted by atomic mass is 10.1. The Hall–Kier alpha value is -2.47.